The van der Waals surface area contributed by atoms with Crippen molar-refractivity contribution in [3.05, 3.63) is 40.7 Å². The molecule has 0 unspecified atom stereocenters. The summed E-state index contributed by atoms with van der Waals surface area (Å²) in [5.74, 6) is -0.388. The summed E-state index contributed by atoms with van der Waals surface area (Å²) >= 11 is 1.38. The number of hydrogen-bond donors (Lipinski definition) is 1. The number of esters is 1. The van der Waals surface area contributed by atoms with E-state index in [0.29, 0.717) is 24.0 Å². The molecule has 0 amide bonds. The van der Waals surface area contributed by atoms with E-state index in [-0.39, 0.29) is 5.97 Å². The third-order valence-corrected chi connectivity index (χ3v) is 3.31. The standard InChI is InChI=1S/C13H15N3O2S/c1-3-18-12(17)11-8-19-13(16-11)15-7-10-9(2)5-4-6-14-10/h4-6,8H,3,7H2,1-2H3,(H,15,16). The van der Waals surface area contributed by atoms with Crippen molar-refractivity contribution >= 4 is 22.4 Å². The van der Waals surface area contributed by atoms with Gasteiger partial charge in [-0.05, 0) is 25.5 Å². The molecule has 0 fully saturated rings. The summed E-state index contributed by atoms with van der Waals surface area (Å²) in [5.41, 5.74) is 2.43. The first kappa shape index (κ1) is 13.5. The van der Waals surface area contributed by atoms with E-state index in [9.17, 15) is 4.79 Å². The number of anilines is 1. The number of carbonyl (C=O) groups is 1. The van der Waals surface area contributed by atoms with Gasteiger partial charge in [-0.1, -0.05) is 6.07 Å². The maximum absolute atomic E-state index is 11.5. The van der Waals surface area contributed by atoms with Gasteiger partial charge in [0.15, 0.2) is 10.8 Å². The number of ether oxygens (including phenoxy) is 1. The van der Waals surface area contributed by atoms with Crippen molar-refractivity contribution in [3.63, 3.8) is 0 Å². The second-order valence-corrected chi connectivity index (χ2v) is 4.74. The number of pyridine rings is 1. The molecule has 6 heteroatoms. The minimum absolute atomic E-state index is 0.340. The van der Waals surface area contributed by atoms with Gasteiger partial charge in [0.2, 0.25) is 0 Å². The Labute approximate surface area is 115 Å². The van der Waals surface area contributed by atoms with Crippen LogP contribution in [0.2, 0.25) is 0 Å². The summed E-state index contributed by atoms with van der Waals surface area (Å²) in [6.45, 7) is 4.72. The summed E-state index contributed by atoms with van der Waals surface area (Å²) in [4.78, 5) is 19.9. The molecule has 2 rings (SSSR count). The maximum atomic E-state index is 11.5. The average Bonchev–Trinajstić information content (AvgIpc) is 2.87. The molecule has 0 aliphatic carbocycles. The van der Waals surface area contributed by atoms with Crippen LogP contribution in [0.1, 0.15) is 28.7 Å². The van der Waals surface area contributed by atoms with E-state index >= 15 is 0 Å². The Morgan fingerprint density at radius 1 is 1.53 bits per heavy atom. The third kappa shape index (κ3) is 3.51. The van der Waals surface area contributed by atoms with Crippen LogP contribution in [0.3, 0.4) is 0 Å². The largest absolute Gasteiger partial charge is 0.461 e. The minimum Gasteiger partial charge on any atom is -0.461 e. The molecule has 0 aliphatic rings. The molecule has 2 heterocycles. The SMILES string of the molecule is CCOC(=O)c1csc(NCc2ncccc2C)n1. The zero-order valence-electron chi connectivity index (χ0n) is 10.8. The molecule has 1 N–H and O–H groups in total. The lowest BCUT2D eigenvalue weighted by Gasteiger charge is -2.04. The Morgan fingerprint density at radius 3 is 3.11 bits per heavy atom. The average molecular weight is 277 g/mol. The molecular weight excluding hydrogens is 262 g/mol. The number of hydrogen-bond acceptors (Lipinski definition) is 6. The highest BCUT2D eigenvalue weighted by Gasteiger charge is 2.11. The quantitative estimate of drug-likeness (QED) is 0.851. The molecule has 0 aromatic carbocycles. The Bertz CT molecular complexity index is 569. The van der Waals surface area contributed by atoms with Crippen LogP contribution in [0, 0.1) is 6.92 Å². The highest BCUT2D eigenvalue weighted by Crippen LogP contribution is 2.17. The minimum atomic E-state index is -0.388. The van der Waals surface area contributed by atoms with Crippen molar-refractivity contribution in [1.29, 1.82) is 0 Å². The zero-order chi connectivity index (χ0) is 13.7. The molecule has 2 aromatic rings. The second kappa shape index (κ2) is 6.29. The Balaban J connectivity index is 1.97. The summed E-state index contributed by atoms with van der Waals surface area (Å²) in [5, 5.41) is 5.53. The molecule has 0 saturated carbocycles. The fraction of sp³-hybridized carbons (Fsp3) is 0.308. The summed E-state index contributed by atoms with van der Waals surface area (Å²) < 4.78 is 4.89. The van der Waals surface area contributed by atoms with E-state index in [1.165, 1.54) is 11.3 Å². The van der Waals surface area contributed by atoms with Crippen molar-refractivity contribution in [3.8, 4) is 0 Å². The van der Waals surface area contributed by atoms with E-state index in [1.54, 1.807) is 18.5 Å². The van der Waals surface area contributed by atoms with Gasteiger partial charge in [0, 0.05) is 11.6 Å². The first-order valence-corrected chi connectivity index (χ1v) is 6.85. The van der Waals surface area contributed by atoms with Gasteiger partial charge in [-0.25, -0.2) is 9.78 Å². The van der Waals surface area contributed by atoms with Gasteiger partial charge in [0.05, 0.1) is 18.8 Å². The fourth-order valence-electron chi connectivity index (χ4n) is 1.52. The van der Waals surface area contributed by atoms with E-state index < -0.39 is 0 Å². The predicted octanol–water partition coefficient (Wildman–Crippen LogP) is 2.64. The molecule has 0 saturated heterocycles. The van der Waals surface area contributed by atoms with E-state index in [2.05, 4.69) is 15.3 Å². The lowest BCUT2D eigenvalue weighted by Crippen LogP contribution is -2.06. The van der Waals surface area contributed by atoms with Crippen LogP contribution in [0.5, 0.6) is 0 Å². The van der Waals surface area contributed by atoms with Crippen molar-refractivity contribution < 1.29 is 9.53 Å². The number of carbonyl (C=O) groups excluding carboxylic acids is 1. The van der Waals surface area contributed by atoms with Crippen LogP contribution >= 0.6 is 11.3 Å². The van der Waals surface area contributed by atoms with E-state index in [1.807, 2.05) is 19.1 Å². The van der Waals surface area contributed by atoms with Gasteiger partial charge >= 0.3 is 5.97 Å². The molecule has 0 bridgehead atoms. The Morgan fingerprint density at radius 2 is 2.37 bits per heavy atom. The topological polar surface area (TPSA) is 64.1 Å². The van der Waals surface area contributed by atoms with Crippen LogP contribution in [0.4, 0.5) is 5.13 Å². The Hall–Kier alpha value is -1.95. The maximum Gasteiger partial charge on any atom is 0.357 e. The molecule has 0 spiro atoms. The lowest BCUT2D eigenvalue weighted by molar-refractivity contribution is 0.0520. The first-order chi connectivity index (χ1) is 9.20. The monoisotopic (exact) mass is 277 g/mol. The van der Waals surface area contributed by atoms with Crippen LogP contribution in [0.15, 0.2) is 23.7 Å². The van der Waals surface area contributed by atoms with Gasteiger partial charge in [-0.3, -0.25) is 4.98 Å². The number of rotatable bonds is 5. The van der Waals surface area contributed by atoms with E-state index in [4.69, 9.17) is 4.74 Å². The molecule has 0 radical (unpaired) electrons. The summed E-state index contributed by atoms with van der Waals surface area (Å²) in [6.07, 6.45) is 1.76. The second-order valence-electron chi connectivity index (χ2n) is 3.88. The van der Waals surface area contributed by atoms with Gasteiger partial charge in [0.1, 0.15) is 0 Å². The van der Waals surface area contributed by atoms with Gasteiger partial charge < -0.3 is 10.1 Å². The van der Waals surface area contributed by atoms with E-state index in [0.717, 1.165) is 11.3 Å². The molecular formula is C13H15N3O2S. The molecule has 19 heavy (non-hydrogen) atoms. The zero-order valence-corrected chi connectivity index (χ0v) is 11.7. The predicted molar refractivity (Wildman–Crippen MR) is 74.4 cm³/mol. The van der Waals surface area contributed by atoms with Crippen molar-refractivity contribution in [2.24, 2.45) is 0 Å². The van der Waals surface area contributed by atoms with Crippen molar-refractivity contribution in [1.82, 2.24) is 9.97 Å². The van der Waals surface area contributed by atoms with Gasteiger partial charge in [-0.15, -0.1) is 11.3 Å². The van der Waals surface area contributed by atoms with Crippen LogP contribution in [-0.4, -0.2) is 22.5 Å². The van der Waals surface area contributed by atoms with Crippen LogP contribution < -0.4 is 5.32 Å². The summed E-state index contributed by atoms with van der Waals surface area (Å²) in [7, 11) is 0. The number of aryl methyl sites for hydroxylation is 1. The lowest BCUT2D eigenvalue weighted by atomic mass is 10.2. The fourth-order valence-corrected chi connectivity index (χ4v) is 2.20. The highest BCUT2D eigenvalue weighted by atomic mass is 32.1. The summed E-state index contributed by atoms with van der Waals surface area (Å²) in [6, 6.07) is 3.91. The van der Waals surface area contributed by atoms with Gasteiger partial charge in [-0.2, -0.15) is 0 Å². The first-order valence-electron chi connectivity index (χ1n) is 5.97. The number of thiazole rings is 1. The van der Waals surface area contributed by atoms with Gasteiger partial charge in [0.25, 0.3) is 0 Å². The number of aromatic nitrogens is 2. The number of nitrogens with zero attached hydrogens (tertiary/aromatic N) is 2. The third-order valence-electron chi connectivity index (χ3n) is 2.51. The molecule has 0 atom stereocenters. The Kier molecular flexibility index (Phi) is 4.46. The van der Waals surface area contributed by atoms with Crippen LogP contribution in [0.25, 0.3) is 0 Å². The molecule has 100 valence electrons. The molecule has 5 nitrogen and oxygen atoms in total. The number of nitrogens with one attached hydrogen (secondary N) is 1. The normalized spacial score (nSPS) is 10.2. The smallest absolute Gasteiger partial charge is 0.357 e. The van der Waals surface area contributed by atoms with Crippen molar-refractivity contribution in [2.45, 2.75) is 20.4 Å². The van der Waals surface area contributed by atoms with Crippen LogP contribution in [-0.2, 0) is 11.3 Å². The molecule has 0 aliphatic heterocycles. The molecule has 2 aromatic heterocycles. The van der Waals surface area contributed by atoms with Crippen molar-refractivity contribution in [2.75, 3.05) is 11.9 Å². The highest BCUT2D eigenvalue weighted by molar-refractivity contribution is 7.13.